The predicted molar refractivity (Wildman–Crippen MR) is 110 cm³/mol. The van der Waals surface area contributed by atoms with Crippen molar-refractivity contribution in [3.8, 4) is 11.3 Å². The number of carbonyl (C=O) groups excluding carboxylic acids is 1. The molecule has 0 radical (unpaired) electrons. The summed E-state index contributed by atoms with van der Waals surface area (Å²) in [6.07, 6.45) is 0. The van der Waals surface area contributed by atoms with Crippen molar-refractivity contribution >= 4 is 28.1 Å². The molecule has 3 rings (SSSR count). The lowest BCUT2D eigenvalue weighted by molar-refractivity contribution is 0.0993. The first-order valence-corrected chi connectivity index (χ1v) is 9.49. The van der Waals surface area contributed by atoms with Gasteiger partial charge in [-0.2, -0.15) is 0 Å². The SMILES string of the molecule is Cc1ccc(C(=O)N(C)c2nc(-c3cccc(NC(C)C)c3)cs2)cc1. The maximum Gasteiger partial charge on any atom is 0.259 e. The number of benzene rings is 2. The quantitative estimate of drug-likeness (QED) is 0.674. The second kappa shape index (κ2) is 7.70. The summed E-state index contributed by atoms with van der Waals surface area (Å²) in [5.74, 6) is -0.0545. The molecule has 0 aliphatic carbocycles. The lowest BCUT2D eigenvalue weighted by Gasteiger charge is -2.14. The summed E-state index contributed by atoms with van der Waals surface area (Å²) in [5, 5.41) is 6.08. The second-order valence-electron chi connectivity index (χ2n) is 6.63. The number of hydrogen-bond acceptors (Lipinski definition) is 4. The van der Waals surface area contributed by atoms with Gasteiger partial charge < -0.3 is 5.32 Å². The molecule has 2 aromatic carbocycles. The Morgan fingerprint density at radius 2 is 1.88 bits per heavy atom. The minimum Gasteiger partial charge on any atom is -0.383 e. The van der Waals surface area contributed by atoms with E-state index in [1.165, 1.54) is 11.3 Å². The normalized spacial score (nSPS) is 10.8. The number of anilines is 2. The number of nitrogens with one attached hydrogen (secondary N) is 1. The molecule has 0 spiro atoms. The fourth-order valence-electron chi connectivity index (χ4n) is 2.63. The van der Waals surface area contributed by atoms with E-state index >= 15 is 0 Å². The topological polar surface area (TPSA) is 45.2 Å². The van der Waals surface area contributed by atoms with Crippen molar-refractivity contribution < 1.29 is 4.79 Å². The maximum absolute atomic E-state index is 12.7. The monoisotopic (exact) mass is 365 g/mol. The Balaban J connectivity index is 1.81. The van der Waals surface area contributed by atoms with Gasteiger partial charge in [-0.15, -0.1) is 11.3 Å². The van der Waals surface area contributed by atoms with E-state index in [0.717, 1.165) is 22.5 Å². The third kappa shape index (κ3) is 4.11. The molecule has 0 aliphatic heterocycles. The van der Waals surface area contributed by atoms with E-state index in [-0.39, 0.29) is 5.91 Å². The summed E-state index contributed by atoms with van der Waals surface area (Å²) in [5.41, 5.74) is 4.78. The zero-order chi connectivity index (χ0) is 18.7. The molecule has 4 nitrogen and oxygen atoms in total. The van der Waals surface area contributed by atoms with E-state index < -0.39 is 0 Å². The molecule has 0 fully saturated rings. The van der Waals surface area contributed by atoms with Gasteiger partial charge in [0.15, 0.2) is 5.13 Å². The number of carbonyl (C=O) groups is 1. The predicted octanol–water partition coefficient (Wildman–Crippen LogP) is 5.22. The molecule has 0 saturated carbocycles. The third-order valence-corrected chi connectivity index (χ3v) is 4.91. The molecule has 0 atom stereocenters. The van der Waals surface area contributed by atoms with Gasteiger partial charge in [-0.1, -0.05) is 29.8 Å². The Hall–Kier alpha value is -2.66. The van der Waals surface area contributed by atoms with Crippen molar-refractivity contribution in [2.45, 2.75) is 26.8 Å². The van der Waals surface area contributed by atoms with E-state index in [1.807, 2.05) is 54.8 Å². The Morgan fingerprint density at radius 1 is 1.15 bits per heavy atom. The molecule has 1 N–H and O–H groups in total. The first-order chi connectivity index (χ1) is 12.4. The van der Waals surface area contributed by atoms with Crippen LogP contribution in [0.1, 0.15) is 29.8 Å². The molecule has 5 heteroatoms. The second-order valence-corrected chi connectivity index (χ2v) is 7.46. The van der Waals surface area contributed by atoms with Crippen LogP contribution in [0.4, 0.5) is 10.8 Å². The number of thiazole rings is 1. The Morgan fingerprint density at radius 3 is 2.58 bits per heavy atom. The smallest absolute Gasteiger partial charge is 0.259 e. The summed E-state index contributed by atoms with van der Waals surface area (Å²) in [7, 11) is 1.77. The van der Waals surface area contributed by atoms with E-state index in [2.05, 4.69) is 30.2 Å². The average molecular weight is 366 g/mol. The lowest BCUT2D eigenvalue weighted by atomic mass is 10.1. The molecular weight excluding hydrogens is 342 g/mol. The molecule has 1 heterocycles. The number of hydrogen-bond donors (Lipinski definition) is 1. The van der Waals surface area contributed by atoms with Crippen LogP contribution in [0.25, 0.3) is 11.3 Å². The average Bonchev–Trinajstić information content (AvgIpc) is 3.11. The first kappa shape index (κ1) is 18.1. The summed E-state index contributed by atoms with van der Waals surface area (Å²) in [6, 6.07) is 16.1. The van der Waals surface area contributed by atoms with Crippen molar-refractivity contribution in [2.75, 3.05) is 17.3 Å². The molecule has 26 heavy (non-hydrogen) atoms. The molecule has 3 aromatic rings. The van der Waals surface area contributed by atoms with Crippen LogP contribution in [0.15, 0.2) is 53.9 Å². The van der Waals surface area contributed by atoms with Crippen molar-refractivity contribution in [2.24, 2.45) is 0 Å². The fourth-order valence-corrected chi connectivity index (χ4v) is 3.43. The van der Waals surface area contributed by atoms with Crippen LogP contribution >= 0.6 is 11.3 Å². The molecule has 0 saturated heterocycles. The largest absolute Gasteiger partial charge is 0.383 e. The number of amides is 1. The molecule has 0 bridgehead atoms. The highest BCUT2D eigenvalue weighted by atomic mass is 32.1. The van der Waals surface area contributed by atoms with Gasteiger partial charge >= 0.3 is 0 Å². The summed E-state index contributed by atoms with van der Waals surface area (Å²) in [6.45, 7) is 6.23. The van der Waals surface area contributed by atoms with Crippen molar-refractivity contribution in [3.05, 3.63) is 65.0 Å². The standard InChI is InChI=1S/C21H23N3OS/c1-14(2)22-18-7-5-6-17(12-18)19-13-26-21(23-19)24(4)20(25)16-10-8-15(3)9-11-16/h5-14,22H,1-4H3. The van der Waals surface area contributed by atoms with E-state index in [0.29, 0.717) is 16.7 Å². The van der Waals surface area contributed by atoms with Crippen LogP contribution < -0.4 is 10.2 Å². The van der Waals surface area contributed by atoms with Gasteiger partial charge in [0.1, 0.15) is 0 Å². The first-order valence-electron chi connectivity index (χ1n) is 8.61. The number of aromatic nitrogens is 1. The summed E-state index contributed by atoms with van der Waals surface area (Å²) in [4.78, 5) is 18.9. The number of nitrogens with zero attached hydrogens (tertiary/aromatic N) is 2. The lowest BCUT2D eigenvalue weighted by Crippen LogP contribution is -2.26. The van der Waals surface area contributed by atoms with Crippen molar-refractivity contribution in [3.63, 3.8) is 0 Å². The molecule has 0 aliphatic rings. The van der Waals surface area contributed by atoms with Gasteiger partial charge in [-0.25, -0.2) is 4.98 Å². The number of rotatable bonds is 5. The Bertz CT molecular complexity index is 900. The summed E-state index contributed by atoms with van der Waals surface area (Å²) >= 11 is 1.47. The van der Waals surface area contributed by atoms with Crippen molar-refractivity contribution in [1.29, 1.82) is 0 Å². The van der Waals surface area contributed by atoms with Gasteiger partial charge in [0.2, 0.25) is 0 Å². The molecule has 0 unspecified atom stereocenters. The fraction of sp³-hybridized carbons (Fsp3) is 0.238. The third-order valence-electron chi connectivity index (χ3n) is 4.00. The van der Waals surface area contributed by atoms with Crippen LogP contribution in [0.5, 0.6) is 0 Å². The van der Waals surface area contributed by atoms with Crippen LogP contribution in [0.2, 0.25) is 0 Å². The highest BCUT2D eigenvalue weighted by Gasteiger charge is 2.17. The van der Waals surface area contributed by atoms with Crippen molar-refractivity contribution in [1.82, 2.24) is 4.98 Å². The number of aryl methyl sites for hydroxylation is 1. The van der Waals surface area contributed by atoms with Crippen LogP contribution in [-0.4, -0.2) is 24.0 Å². The molecule has 134 valence electrons. The highest BCUT2D eigenvalue weighted by molar-refractivity contribution is 7.14. The minimum atomic E-state index is -0.0545. The van der Waals surface area contributed by atoms with Gasteiger partial charge in [0, 0.05) is 35.3 Å². The van der Waals surface area contributed by atoms with E-state index in [9.17, 15) is 4.79 Å². The molecular formula is C21H23N3OS. The molecule has 1 amide bonds. The van der Waals surface area contributed by atoms with Gasteiger partial charge in [0.05, 0.1) is 5.69 Å². The van der Waals surface area contributed by atoms with E-state index in [4.69, 9.17) is 0 Å². The minimum absolute atomic E-state index is 0.0545. The van der Waals surface area contributed by atoms with Gasteiger partial charge in [0.25, 0.3) is 5.91 Å². The van der Waals surface area contributed by atoms with Crippen LogP contribution in [0, 0.1) is 6.92 Å². The molecule has 1 aromatic heterocycles. The summed E-state index contributed by atoms with van der Waals surface area (Å²) < 4.78 is 0. The van der Waals surface area contributed by atoms with Gasteiger partial charge in [-0.05, 0) is 45.0 Å². The van der Waals surface area contributed by atoms with Crippen LogP contribution in [-0.2, 0) is 0 Å². The highest BCUT2D eigenvalue weighted by Crippen LogP contribution is 2.29. The van der Waals surface area contributed by atoms with Crippen LogP contribution in [0.3, 0.4) is 0 Å². The Labute approximate surface area is 158 Å². The zero-order valence-corrected chi connectivity index (χ0v) is 16.3. The Kier molecular flexibility index (Phi) is 5.38. The zero-order valence-electron chi connectivity index (χ0n) is 15.5. The van der Waals surface area contributed by atoms with E-state index in [1.54, 1.807) is 11.9 Å². The maximum atomic E-state index is 12.7. The van der Waals surface area contributed by atoms with Gasteiger partial charge in [-0.3, -0.25) is 9.69 Å².